The monoisotopic (exact) mass is 603 g/mol. The molecule has 7 nitrogen and oxygen atoms in total. The molecule has 0 aliphatic carbocycles. The topological polar surface area (TPSA) is 81.2 Å². The highest BCUT2D eigenvalue weighted by Crippen LogP contribution is 2.68. The van der Waals surface area contributed by atoms with Gasteiger partial charge in [-0.25, -0.2) is 0 Å². The van der Waals surface area contributed by atoms with E-state index in [0.29, 0.717) is 19.5 Å². The van der Waals surface area contributed by atoms with Crippen LogP contribution in [-0.4, -0.2) is 85.8 Å². The second-order valence-corrected chi connectivity index (χ2v) is 13.1. The molecule has 1 N–H and O–H groups in total. The molecule has 1 spiro atoms. The zero-order valence-electron chi connectivity index (χ0n) is 22.2. The fourth-order valence-corrected chi connectivity index (χ4v) is 10.2. The van der Waals surface area contributed by atoms with E-state index in [1.54, 1.807) is 33.7 Å². The van der Waals surface area contributed by atoms with Gasteiger partial charge in [0.25, 0.3) is 0 Å². The van der Waals surface area contributed by atoms with Crippen LogP contribution in [0.2, 0.25) is 0 Å². The molecule has 4 unspecified atom stereocenters. The van der Waals surface area contributed by atoms with Gasteiger partial charge < -0.3 is 19.8 Å². The first-order valence-corrected chi connectivity index (χ1v) is 15.2. The van der Waals surface area contributed by atoms with Gasteiger partial charge in [-0.1, -0.05) is 59.6 Å². The average Bonchev–Trinajstić information content (AvgIpc) is 3.49. The Morgan fingerprint density at radius 1 is 1.24 bits per heavy atom. The largest absolute Gasteiger partial charge is 0.395 e. The van der Waals surface area contributed by atoms with Crippen molar-refractivity contribution in [3.8, 4) is 0 Å². The lowest BCUT2D eigenvalue weighted by atomic mass is 9.70. The number of anilines is 1. The van der Waals surface area contributed by atoms with Gasteiger partial charge in [-0.3, -0.25) is 14.4 Å². The van der Waals surface area contributed by atoms with E-state index in [1.165, 1.54) is 0 Å². The molecule has 3 aliphatic rings. The first-order chi connectivity index (χ1) is 18.3. The molecular formula is C29H38BrN3O4S. The predicted molar refractivity (Wildman–Crippen MR) is 156 cm³/mol. The van der Waals surface area contributed by atoms with Crippen LogP contribution in [0.3, 0.4) is 0 Å². The Balaban J connectivity index is 1.77. The number of halogens is 1. The normalized spacial score (nSPS) is 30.2. The van der Waals surface area contributed by atoms with Gasteiger partial charge in [0.05, 0.1) is 23.2 Å². The van der Waals surface area contributed by atoms with Crippen LogP contribution in [0, 0.1) is 11.8 Å². The molecule has 206 valence electrons. The number of thioether (sulfide) groups is 1. The number of alkyl halides is 1. The lowest BCUT2D eigenvalue weighted by Gasteiger charge is -2.40. The van der Waals surface area contributed by atoms with Gasteiger partial charge in [-0.2, -0.15) is 0 Å². The highest BCUT2D eigenvalue weighted by Gasteiger charge is 2.76. The molecule has 1 aromatic carbocycles. The minimum atomic E-state index is -0.746. The number of carbonyl (C=O) groups is 3. The van der Waals surface area contributed by atoms with E-state index in [0.717, 1.165) is 18.5 Å². The van der Waals surface area contributed by atoms with E-state index in [2.05, 4.69) is 36.0 Å². The van der Waals surface area contributed by atoms with Crippen LogP contribution in [0.1, 0.15) is 33.1 Å². The smallest absolute Gasteiger partial charge is 0.247 e. The van der Waals surface area contributed by atoms with Crippen LogP contribution in [0.15, 0.2) is 55.6 Å². The summed E-state index contributed by atoms with van der Waals surface area (Å²) >= 11 is 5.44. The second kappa shape index (κ2) is 12.0. The molecule has 3 amide bonds. The number of β-amino-alcohol motifs (C(OH)–C–C–N with tert-alkyl or cyclic N) is 1. The minimum absolute atomic E-state index is 0.0165. The number of nitrogens with zero attached hydrogens (tertiary/aromatic N) is 3. The van der Waals surface area contributed by atoms with Crippen molar-refractivity contribution in [2.75, 3.05) is 31.1 Å². The molecule has 3 saturated heterocycles. The predicted octanol–water partition coefficient (Wildman–Crippen LogP) is 3.87. The van der Waals surface area contributed by atoms with Gasteiger partial charge in [-0.15, -0.1) is 24.9 Å². The number of amides is 3. The maximum absolute atomic E-state index is 14.3. The van der Waals surface area contributed by atoms with Gasteiger partial charge in [0.1, 0.15) is 6.04 Å². The van der Waals surface area contributed by atoms with E-state index in [9.17, 15) is 19.5 Å². The maximum atomic E-state index is 14.3. The molecule has 9 heteroatoms. The number of para-hydroxylation sites is 1. The van der Waals surface area contributed by atoms with Gasteiger partial charge in [0.15, 0.2) is 0 Å². The molecule has 38 heavy (non-hydrogen) atoms. The Morgan fingerprint density at radius 3 is 2.53 bits per heavy atom. The summed E-state index contributed by atoms with van der Waals surface area (Å²) in [6, 6.07) is 8.66. The molecule has 3 heterocycles. The summed E-state index contributed by atoms with van der Waals surface area (Å²) in [5, 5.41) is 9.77. The average molecular weight is 605 g/mol. The molecule has 0 saturated carbocycles. The van der Waals surface area contributed by atoms with Crippen molar-refractivity contribution in [1.82, 2.24) is 9.80 Å². The first kappa shape index (κ1) is 28.9. The maximum Gasteiger partial charge on any atom is 0.247 e. The van der Waals surface area contributed by atoms with Gasteiger partial charge in [0.2, 0.25) is 17.7 Å². The van der Waals surface area contributed by atoms with Crippen molar-refractivity contribution in [2.24, 2.45) is 11.8 Å². The lowest BCUT2D eigenvalue weighted by Crippen LogP contribution is -2.57. The number of rotatable bonds is 12. The van der Waals surface area contributed by atoms with E-state index in [4.69, 9.17) is 0 Å². The molecule has 4 rings (SSSR count). The highest BCUT2D eigenvalue weighted by molar-refractivity contribution is 9.09. The van der Waals surface area contributed by atoms with Crippen LogP contribution < -0.4 is 4.90 Å². The Kier molecular flexibility index (Phi) is 9.10. The Bertz CT molecular complexity index is 1070. The quantitative estimate of drug-likeness (QED) is 0.290. The third kappa shape index (κ3) is 4.75. The molecule has 3 aliphatic heterocycles. The Labute approximate surface area is 238 Å². The van der Waals surface area contributed by atoms with E-state index in [-0.39, 0.29) is 47.0 Å². The molecule has 1 aromatic rings. The molecule has 7 atom stereocenters. The summed E-state index contributed by atoms with van der Waals surface area (Å²) in [6.07, 6.45) is 5.78. The van der Waals surface area contributed by atoms with Crippen LogP contribution >= 0.6 is 27.7 Å². The van der Waals surface area contributed by atoms with Crippen molar-refractivity contribution in [3.63, 3.8) is 0 Å². The molecule has 0 aromatic heterocycles. The number of fused-ring (bicyclic) bond motifs is 1. The Hall–Kier alpha value is -2.10. The van der Waals surface area contributed by atoms with Gasteiger partial charge >= 0.3 is 0 Å². The fourth-order valence-electron chi connectivity index (χ4n) is 6.64. The highest BCUT2D eigenvalue weighted by atomic mass is 79.9. The van der Waals surface area contributed by atoms with Crippen molar-refractivity contribution < 1.29 is 19.5 Å². The van der Waals surface area contributed by atoms with Crippen LogP contribution in [0.5, 0.6) is 0 Å². The zero-order valence-corrected chi connectivity index (χ0v) is 24.6. The lowest BCUT2D eigenvalue weighted by molar-refractivity contribution is -0.144. The number of hydrogen-bond donors (Lipinski definition) is 1. The SMILES string of the molecule is C=CCN(C(=O)[C@H]1[C@H]2C(=O)N(CCO)C(C(=O)N(CC=C)C(C)CCC)C23CC(Br)[C@@H]1S3)c1ccccc1. The van der Waals surface area contributed by atoms with Gasteiger partial charge in [-0.05, 0) is 31.9 Å². The third-order valence-electron chi connectivity index (χ3n) is 8.14. The van der Waals surface area contributed by atoms with Crippen LogP contribution in [0.25, 0.3) is 0 Å². The molecular weight excluding hydrogens is 566 g/mol. The summed E-state index contributed by atoms with van der Waals surface area (Å²) in [4.78, 5) is 47.7. The minimum Gasteiger partial charge on any atom is -0.395 e. The molecule has 3 fully saturated rings. The third-order valence-corrected chi connectivity index (χ3v) is 11.4. The molecule has 2 bridgehead atoms. The first-order valence-electron chi connectivity index (χ1n) is 13.4. The number of aliphatic hydroxyl groups excluding tert-OH is 1. The van der Waals surface area contributed by atoms with E-state index >= 15 is 0 Å². The van der Waals surface area contributed by atoms with Crippen LogP contribution in [0.4, 0.5) is 5.69 Å². The van der Waals surface area contributed by atoms with E-state index in [1.807, 2.05) is 42.2 Å². The summed E-state index contributed by atoms with van der Waals surface area (Å²) in [7, 11) is 0. The number of carbonyl (C=O) groups excluding carboxylic acids is 3. The number of aliphatic hydroxyl groups is 1. The van der Waals surface area contributed by atoms with Gasteiger partial charge in [0, 0.05) is 41.4 Å². The standard InChI is InChI=1S/C29H38BrN3O4S/c1-5-11-19(4)31(14-6-2)28(37)25-29-18-21(30)24(38-29)22(23(29)27(36)33(25)16-17-34)26(35)32(15-7-3)20-12-9-8-10-13-20/h6-10,12-13,19,21-25,34H,2-3,5,11,14-18H2,1,4H3/t19?,21?,22-,23-,24-,25?,29?/m0/s1. The summed E-state index contributed by atoms with van der Waals surface area (Å²) in [6.45, 7) is 12.3. The van der Waals surface area contributed by atoms with Crippen molar-refractivity contribution in [2.45, 2.75) is 60.0 Å². The molecule has 0 radical (unpaired) electrons. The summed E-state index contributed by atoms with van der Waals surface area (Å²) in [5.74, 6) is -1.69. The van der Waals surface area contributed by atoms with E-state index < -0.39 is 22.6 Å². The second-order valence-electron chi connectivity index (χ2n) is 10.4. The summed E-state index contributed by atoms with van der Waals surface area (Å²) in [5.41, 5.74) is 0.751. The summed E-state index contributed by atoms with van der Waals surface area (Å²) < 4.78 is -0.746. The van der Waals surface area contributed by atoms with Crippen molar-refractivity contribution in [1.29, 1.82) is 0 Å². The number of likely N-dealkylation sites (tertiary alicyclic amines) is 1. The van der Waals surface area contributed by atoms with Crippen molar-refractivity contribution in [3.05, 3.63) is 55.6 Å². The fraction of sp³-hybridized carbons (Fsp3) is 0.552. The zero-order chi connectivity index (χ0) is 27.6. The number of benzene rings is 1. The van der Waals surface area contributed by atoms with Crippen LogP contribution in [-0.2, 0) is 14.4 Å². The Morgan fingerprint density at radius 2 is 1.92 bits per heavy atom. The number of hydrogen-bond acceptors (Lipinski definition) is 5. The van der Waals surface area contributed by atoms with Crippen molar-refractivity contribution >= 4 is 51.1 Å².